The summed E-state index contributed by atoms with van der Waals surface area (Å²) in [6.07, 6.45) is 0.935. The van der Waals surface area contributed by atoms with Gasteiger partial charge < -0.3 is 4.18 Å². The van der Waals surface area contributed by atoms with Gasteiger partial charge in [0.05, 0.1) is 11.2 Å². The van der Waals surface area contributed by atoms with E-state index in [1.165, 1.54) is 12.1 Å². The fourth-order valence-corrected chi connectivity index (χ4v) is 3.51. The summed E-state index contributed by atoms with van der Waals surface area (Å²) in [6.45, 7) is 0. The van der Waals surface area contributed by atoms with Gasteiger partial charge >= 0.3 is 15.8 Å². The normalized spacial score (nSPS) is 11.8. The van der Waals surface area contributed by atoms with Crippen molar-refractivity contribution < 1.29 is 30.3 Å². The number of halogens is 1. The van der Waals surface area contributed by atoms with Crippen LogP contribution in [0, 0.1) is 15.9 Å². The first kappa shape index (κ1) is 18.6. The van der Waals surface area contributed by atoms with E-state index in [9.17, 15) is 31.3 Å². The van der Waals surface area contributed by atoms with Gasteiger partial charge in [0.1, 0.15) is 5.75 Å². The van der Waals surface area contributed by atoms with Gasteiger partial charge in [0.2, 0.25) is 15.8 Å². The molecule has 0 bridgehead atoms. The molecule has 12 heteroatoms. The van der Waals surface area contributed by atoms with Crippen molar-refractivity contribution in [2.24, 2.45) is 0 Å². The quantitative estimate of drug-likeness (QED) is 0.452. The summed E-state index contributed by atoms with van der Waals surface area (Å²) < 4.78 is 67.0. The second-order valence-electron chi connectivity index (χ2n) is 4.78. The molecule has 0 aliphatic carbocycles. The zero-order valence-electron chi connectivity index (χ0n) is 12.5. The average molecular weight is 390 g/mol. The number of rotatable bonds is 6. The topological polar surface area (TPSA) is 133 Å². The van der Waals surface area contributed by atoms with Crippen LogP contribution in [-0.4, -0.2) is 28.0 Å². The van der Waals surface area contributed by atoms with E-state index in [4.69, 9.17) is 4.18 Å². The van der Waals surface area contributed by atoms with Crippen LogP contribution in [0.1, 0.15) is 0 Å². The summed E-state index contributed by atoms with van der Waals surface area (Å²) in [5.41, 5.74) is -1.07. The first-order valence-electron chi connectivity index (χ1n) is 6.45. The van der Waals surface area contributed by atoms with E-state index in [0.717, 1.165) is 36.6 Å². The number of nitro groups is 1. The van der Waals surface area contributed by atoms with Crippen LogP contribution < -0.4 is 8.91 Å². The molecular weight excluding hydrogens is 379 g/mol. The number of nitrogens with one attached hydrogen (secondary N) is 1. The van der Waals surface area contributed by atoms with Gasteiger partial charge in [-0.3, -0.25) is 14.8 Å². The van der Waals surface area contributed by atoms with E-state index in [1.54, 1.807) is 0 Å². The number of hydrogen-bond acceptors (Lipinski definition) is 7. The Balaban J connectivity index is 2.34. The second-order valence-corrected chi connectivity index (χ2v) is 8.04. The Morgan fingerprint density at radius 1 is 1.08 bits per heavy atom. The van der Waals surface area contributed by atoms with Crippen molar-refractivity contribution in [2.45, 2.75) is 4.90 Å². The zero-order chi connectivity index (χ0) is 18.8. The summed E-state index contributed by atoms with van der Waals surface area (Å²) in [6, 6.07) is 7.32. The smallest absolute Gasteiger partial charge is 0.346 e. The van der Waals surface area contributed by atoms with Crippen molar-refractivity contribution in [3.8, 4) is 5.75 Å². The lowest BCUT2D eigenvalue weighted by Gasteiger charge is -2.09. The van der Waals surface area contributed by atoms with Crippen LogP contribution in [0.3, 0.4) is 0 Å². The van der Waals surface area contributed by atoms with Crippen LogP contribution in [0.15, 0.2) is 47.4 Å². The highest BCUT2D eigenvalue weighted by atomic mass is 32.2. The molecule has 0 radical (unpaired) electrons. The Labute approximate surface area is 142 Å². The monoisotopic (exact) mass is 390 g/mol. The predicted octanol–water partition coefficient (Wildman–Crippen LogP) is 1.87. The maximum Gasteiger partial charge on any atom is 0.346 e. The number of nitro benzene ring substituents is 1. The highest BCUT2D eigenvalue weighted by Crippen LogP contribution is 2.29. The molecule has 0 aliphatic heterocycles. The molecule has 2 aromatic carbocycles. The van der Waals surface area contributed by atoms with E-state index < -0.39 is 41.5 Å². The Hall–Kier alpha value is -2.73. The van der Waals surface area contributed by atoms with Crippen molar-refractivity contribution >= 4 is 31.5 Å². The van der Waals surface area contributed by atoms with Crippen LogP contribution in [0.2, 0.25) is 0 Å². The Bertz CT molecular complexity index is 1020. The van der Waals surface area contributed by atoms with Gasteiger partial charge in [-0.05, 0) is 36.4 Å². The molecule has 0 spiro atoms. The van der Waals surface area contributed by atoms with Gasteiger partial charge in [-0.15, -0.1) is 0 Å². The summed E-state index contributed by atoms with van der Waals surface area (Å²) in [5.74, 6) is -1.56. The van der Waals surface area contributed by atoms with Crippen molar-refractivity contribution in [2.75, 3.05) is 11.0 Å². The minimum Gasteiger partial charge on any atom is -0.379 e. The molecule has 9 nitrogen and oxygen atoms in total. The summed E-state index contributed by atoms with van der Waals surface area (Å²) >= 11 is 0. The fourth-order valence-electron chi connectivity index (χ4n) is 1.84. The van der Waals surface area contributed by atoms with Crippen LogP contribution in [0.4, 0.5) is 15.8 Å². The van der Waals surface area contributed by atoms with Gasteiger partial charge in [0.25, 0.3) is 0 Å². The third kappa shape index (κ3) is 4.64. The lowest BCUT2D eigenvalue weighted by atomic mass is 10.3. The number of anilines is 1. The molecule has 0 atom stereocenters. The molecule has 0 saturated carbocycles. The number of hydrogen-bond donors (Lipinski definition) is 1. The number of benzene rings is 2. The lowest BCUT2D eigenvalue weighted by Crippen LogP contribution is -2.13. The first-order chi connectivity index (χ1) is 11.5. The van der Waals surface area contributed by atoms with E-state index in [2.05, 4.69) is 4.72 Å². The minimum absolute atomic E-state index is 0.156. The van der Waals surface area contributed by atoms with Gasteiger partial charge in [0, 0.05) is 5.69 Å². The molecule has 25 heavy (non-hydrogen) atoms. The van der Waals surface area contributed by atoms with Gasteiger partial charge in [-0.25, -0.2) is 8.42 Å². The zero-order valence-corrected chi connectivity index (χ0v) is 14.2. The summed E-state index contributed by atoms with van der Waals surface area (Å²) in [7, 11) is -8.19. The van der Waals surface area contributed by atoms with E-state index in [1.807, 2.05) is 0 Å². The van der Waals surface area contributed by atoms with Crippen molar-refractivity contribution in [1.82, 2.24) is 0 Å². The van der Waals surface area contributed by atoms with E-state index in [0.29, 0.717) is 0 Å². The molecular formula is C13H11FN2O7S2. The molecule has 2 aromatic rings. The molecule has 0 aromatic heterocycles. The van der Waals surface area contributed by atoms with Crippen LogP contribution in [0.25, 0.3) is 0 Å². The largest absolute Gasteiger partial charge is 0.379 e. The fraction of sp³-hybridized carbons (Fsp3) is 0.0769. The van der Waals surface area contributed by atoms with Crippen molar-refractivity contribution in [3.05, 3.63) is 58.4 Å². The van der Waals surface area contributed by atoms with E-state index >= 15 is 0 Å². The number of sulfonamides is 1. The molecule has 0 amide bonds. The predicted molar refractivity (Wildman–Crippen MR) is 85.8 cm³/mol. The standard InChI is InChI=1S/C13H11FN2O7S2/c1-24(19,20)15-9-5-7-10(8-6-9)23-25(21,22)12-4-2-3-11(14)13(12)16(17)18/h2-8,15H,1H3. The summed E-state index contributed by atoms with van der Waals surface area (Å²) in [5, 5.41) is 10.9. The van der Waals surface area contributed by atoms with Crippen molar-refractivity contribution in [1.29, 1.82) is 0 Å². The molecule has 0 unspecified atom stereocenters. The summed E-state index contributed by atoms with van der Waals surface area (Å²) in [4.78, 5) is 8.80. The molecule has 1 N–H and O–H groups in total. The van der Waals surface area contributed by atoms with Crippen LogP contribution >= 0.6 is 0 Å². The molecule has 134 valence electrons. The minimum atomic E-state index is -4.68. The molecule has 0 fully saturated rings. The Morgan fingerprint density at radius 3 is 2.20 bits per heavy atom. The maximum atomic E-state index is 13.6. The highest BCUT2D eigenvalue weighted by molar-refractivity contribution is 7.92. The average Bonchev–Trinajstić information content (AvgIpc) is 2.47. The van der Waals surface area contributed by atoms with Gasteiger partial charge in [-0.2, -0.15) is 12.8 Å². The molecule has 0 aliphatic rings. The van der Waals surface area contributed by atoms with Gasteiger partial charge in [0.15, 0.2) is 4.90 Å². The SMILES string of the molecule is CS(=O)(=O)Nc1ccc(OS(=O)(=O)c2cccc(F)c2[N+](=O)[O-])cc1. The lowest BCUT2D eigenvalue weighted by molar-refractivity contribution is -0.390. The van der Waals surface area contributed by atoms with Crippen LogP contribution in [-0.2, 0) is 20.1 Å². The van der Waals surface area contributed by atoms with E-state index in [-0.39, 0.29) is 11.4 Å². The highest BCUT2D eigenvalue weighted by Gasteiger charge is 2.31. The third-order valence-electron chi connectivity index (χ3n) is 2.77. The molecule has 0 saturated heterocycles. The number of nitrogens with zero attached hydrogens (tertiary/aromatic N) is 1. The van der Waals surface area contributed by atoms with Crippen molar-refractivity contribution in [3.63, 3.8) is 0 Å². The second kappa shape index (κ2) is 6.64. The van der Waals surface area contributed by atoms with Crippen LogP contribution in [0.5, 0.6) is 5.75 Å². The number of para-hydroxylation sites is 1. The van der Waals surface area contributed by atoms with Gasteiger partial charge in [-0.1, -0.05) is 6.07 Å². The maximum absolute atomic E-state index is 13.6. The Morgan fingerprint density at radius 2 is 1.68 bits per heavy atom. The molecule has 2 rings (SSSR count). The first-order valence-corrected chi connectivity index (χ1v) is 9.75. The molecule has 0 heterocycles. The Kier molecular flexibility index (Phi) is 4.94. The third-order valence-corrected chi connectivity index (χ3v) is 4.65.